The van der Waals surface area contributed by atoms with Crippen LogP contribution in [0.5, 0.6) is 0 Å². The van der Waals surface area contributed by atoms with E-state index < -0.39 is 0 Å². The van der Waals surface area contributed by atoms with E-state index in [0.717, 1.165) is 61.7 Å². The lowest BCUT2D eigenvalue weighted by molar-refractivity contribution is 0.122. The van der Waals surface area contributed by atoms with Crippen LogP contribution in [0.1, 0.15) is 29.7 Å². The molecule has 0 spiro atoms. The van der Waals surface area contributed by atoms with Gasteiger partial charge in [0.05, 0.1) is 18.9 Å². The average Bonchev–Trinajstić information content (AvgIpc) is 3.45. The molecule has 2 fully saturated rings. The van der Waals surface area contributed by atoms with Gasteiger partial charge in [-0.2, -0.15) is 5.10 Å². The Kier molecular flexibility index (Phi) is 4.20. The van der Waals surface area contributed by atoms with E-state index in [1.54, 1.807) is 12.1 Å². The highest BCUT2D eigenvalue weighted by atomic mass is 19.1. The van der Waals surface area contributed by atoms with E-state index >= 15 is 0 Å². The second-order valence-corrected chi connectivity index (χ2v) is 7.81. The van der Waals surface area contributed by atoms with Gasteiger partial charge in [-0.15, -0.1) is 0 Å². The molecule has 0 radical (unpaired) electrons. The lowest BCUT2D eigenvalue weighted by atomic mass is 9.89. The number of nitrogens with one attached hydrogen (secondary N) is 1. The summed E-state index contributed by atoms with van der Waals surface area (Å²) in [5.41, 5.74) is 6.80. The highest BCUT2D eigenvalue weighted by molar-refractivity contribution is 5.68. The zero-order valence-electron chi connectivity index (χ0n) is 16.0. The third kappa shape index (κ3) is 2.90. The third-order valence-electron chi connectivity index (χ3n) is 6.15. The largest absolute Gasteiger partial charge is 0.378 e. The number of anilines is 1. The number of morpholine rings is 1. The smallest absolute Gasteiger partial charge is 0.123 e. The quantitative estimate of drug-likeness (QED) is 0.731. The normalized spacial score (nSPS) is 18.3. The molecule has 5 rings (SSSR count). The summed E-state index contributed by atoms with van der Waals surface area (Å²) in [5.74, 6) is -0.193. The number of halogens is 1. The van der Waals surface area contributed by atoms with Crippen molar-refractivity contribution in [3.05, 3.63) is 71.2 Å². The Bertz CT molecular complexity index is 968. The second-order valence-electron chi connectivity index (χ2n) is 7.81. The van der Waals surface area contributed by atoms with Crippen molar-refractivity contribution in [3.63, 3.8) is 0 Å². The monoisotopic (exact) mass is 377 g/mol. The Morgan fingerprint density at radius 3 is 2.32 bits per heavy atom. The molecule has 0 amide bonds. The molecule has 2 heterocycles. The van der Waals surface area contributed by atoms with Gasteiger partial charge in [0.1, 0.15) is 5.82 Å². The van der Waals surface area contributed by atoms with Gasteiger partial charge in [-0.3, -0.25) is 5.10 Å². The Morgan fingerprint density at radius 1 is 1.00 bits per heavy atom. The summed E-state index contributed by atoms with van der Waals surface area (Å²) in [6.07, 6.45) is 2.13. The molecule has 28 heavy (non-hydrogen) atoms. The zero-order valence-corrected chi connectivity index (χ0v) is 16.0. The number of hydrogen-bond acceptors (Lipinski definition) is 3. The molecule has 1 saturated heterocycles. The molecule has 0 atom stereocenters. The molecule has 1 N–H and O–H groups in total. The van der Waals surface area contributed by atoms with Crippen LogP contribution in [0.15, 0.2) is 48.5 Å². The van der Waals surface area contributed by atoms with E-state index in [4.69, 9.17) is 4.74 Å². The van der Waals surface area contributed by atoms with Crippen molar-refractivity contribution in [2.24, 2.45) is 0 Å². The SMILES string of the molecule is Cc1c(-c2ccc(N3CCOCC3)cc2)n[nH]c1C1(c2ccc(F)cc2)CC1. The molecule has 3 aromatic rings. The summed E-state index contributed by atoms with van der Waals surface area (Å²) in [4.78, 5) is 2.35. The molecule has 1 aromatic heterocycles. The van der Waals surface area contributed by atoms with Gasteiger partial charge in [-0.1, -0.05) is 24.3 Å². The van der Waals surface area contributed by atoms with Crippen LogP contribution in [0.25, 0.3) is 11.3 Å². The van der Waals surface area contributed by atoms with Crippen molar-refractivity contribution in [1.82, 2.24) is 10.2 Å². The Labute approximate surface area is 164 Å². The lowest BCUT2D eigenvalue weighted by Gasteiger charge is -2.28. The molecule has 0 unspecified atom stereocenters. The summed E-state index contributed by atoms with van der Waals surface area (Å²) < 4.78 is 18.8. The first-order chi connectivity index (χ1) is 13.7. The molecule has 144 valence electrons. The molecule has 1 aliphatic heterocycles. The highest BCUT2D eigenvalue weighted by Gasteiger charge is 2.48. The van der Waals surface area contributed by atoms with Gasteiger partial charge in [0.25, 0.3) is 0 Å². The predicted molar refractivity (Wildman–Crippen MR) is 108 cm³/mol. The van der Waals surface area contributed by atoms with E-state index in [1.807, 2.05) is 12.1 Å². The van der Waals surface area contributed by atoms with Crippen LogP contribution in [-0.4, -0.2) is 36.5 Å². The van der Waals surface area contributed by atoms with E-state index in [-0.39, 0.29) is 11.2 Å². The summed E-state index contributed by atoms with van der Waals surface area (Å²) >= 11 is 0. The number of aromatic nitrogens is 2. The molecule has 4 nitrogen and oxygen atoms in total. The zero-order chi connectivity index (χ0) is 19.1. The van der Waals surface area contributed by atoms with Crippen molar-refractivity contribution >= 4 is 5.69 Å². The minimum absolute atomic E-state index is 0.0449. The van der Waals surface area contributed by atoms with Crippen molar-refractivity contribution in [1.29, 1.82) is 0 Å². The van der Waals surface area contributed by atoms with Crippen molar-refractivity contribution in [3.8, 4) is 11.3 Å². The van der Waals surface area contributed by atoms with Crippen molar-refractivity contribution in [2.45, 2.75) is 25.2 Å². The summed E-state index contributed by atoms with van der Waals surface area (Å²) in [5, 5.41) is 7.94. The van der Waals surface area contributed by atoms with Gasteiger partial charge < -0.3 is 9.64 Å². The van der Waals surface area contributed by atoms with E-state index in [1.165, 1.54) is 11.3 Å². The number of hydrogen-bond donors (Lipinski definition) is 1. The van der Waals surface area contributed by atoms with Crippen molar-refractivity contribution in [2.75, 3.05) is 31.2 Å². The Hall–Kier alpha value is -2.66. The number of rotatable bonds is 4. The topological polar surface area (TPSA) is 41.1 Å². The molecular formula is C23H24FN3O. The van der Waals surface area contributed by atoms with Gasteiger partial charge in [0, 0.05) is 35.4 Å². The molecular weight excluding hydrogens is 353 g/mol. The van der Waals surface area contributed by atoms with Gasteiger partial charge in [-0.25, -0.2) is 4.39 Å². The first-order valence-electron chi connectivity index (χ1n) is 9.92. The van der Waals surface area contributed by atoms with E-state index in [9.17, 15) is 4.39 Å². The Balaban J connectivity index is 1.43. The molecule has 2 aliphatic rings. The minimum atomic E-state index is -0.193. The van der Waals surface area contributed by atoms with Gasteiger partial charge in [-0.05, 0) is 55.2 Å². The highest BCUT2D eigenvalue weighted by Crippen LogP contribution is 2.54. The number of H-pyrrole nitrogens is 1. The molecule has 0 bridgehead atoms. The van der Waals surface area contributed by atoms with E-state index in [0.29, 0.717) is 0 Å². The van der Waals surface area contributed by atoms with Crippen LogP contribution in [0, 0.1) is 12.7 Å². The first kappa shape index (κ1) is 17.4. The maximum atomic E-state index is 13.3. The van der Waals surface area contributed by atoms with Crippen LogP contribution in [0.4, 0.5) is 10.1 Å². The van der Waals surface area contributed by atoms with Gasteiger partial charge in [0.2, 0.25) is 0 Å². The van der Waals surface area contributed by atoms with Gasteiger partial charge in [0.15, 0.2) is 0 Å². The fourth-order valence-corrected chi connectivity index (χ4v) is 4.37. The number of aromatic amines is 1. The summed E-state index contributed by atoms with van der Waals surface area (Å²) in [7, 11) is 0. The van der Waals surface area contributed by atoms with Crippen LogP contribution < -0.4 is 4.90 Å². The fraction of sp³-hybridized carbons (Fsp3) is 0.348. The van der Waals surface area contributed by atoms with Crippen LogP contribution in [-0.2, 0) is 10.2 Å². The summed E-state index contributed by atoms with van der Waals surface area (Å²) in [6, 6.07) is 15.5. The standard InChI is InChI=1S/C23H24FN3O/c1-16-21(17-2-8-20(9-3-17)27-12-14-28-15-13-27)25-26-22(16)23(10-11-23)18-4-6-19(24)7-5-18/h2-9H,10-15H2,1H3,(H,25,26). The van der Waals surface area contributed by atoms with Crippen LogP contribution >= 0.6 is 0 Å². The molecule has 2 aromatic carbocycles. The maximum absolute atomic E-state index is 13.3. The lowest BCUT2D eigenvalue weighted by Crippen LogP contribution is -2.36. The minimum Gasteiger partial charge on any atom is -0.378 e. The van der Waals surface area contributed by atoms with Crippen LogP contribution in [0.3, 0.4) is 0 Å². The van der Waals surface area contributed by atoms with Gasteiger partial charge >= 0.3 is 0 Å². The van der Waals surface area contributed by atoms with Crippen molar-refractivity contribution < 1.29 is 9.13 Å². The number of benzene rings is 2. The maximum Gasteiger partial charge on any atom is 0.123 e. The third-order valence-corrected chi connectivity index (χ3v) is 6.15. The van der Waals surface area contributed by atoms with Crippen LogP contribution in [0.2, 0.25) is 0 Å². The Morgan fingerprint density at radius 2 is 1.68 bits per heavy atom. The number of nitrogens with zero attached hydrogens (tertiary/aromatic N) is 2. The summed E-state index contributed by atoms with van der Waals surface area (Å²) in [6.45, 7) is 5.58. The fourth-order valence-electron chi connectivity index (χ4n) is 4.37. The van der Waals surface area contributed by atoms with E-state index in [2.05, 4.69) is 46.3 Å². The molecule has 1 aliphatic carbocycles. The molecule has 1 saturated carbocycles. The predicted octanol–water partition coefficient (Wildman–Crippen LogP) is 4.44. The number of ether oxygens (including phenoxy) is 1. The average molecular weight is 377 g/mol. The first-order valence-corrected chi connectivity index (χ1v) is 9.92. The molecule has 5 heteroatoms. The second kappa shape index (κ2) is 6.74.